The molecule has 1 fully saturated rings. The van der Waals surface area contributed by atoms with Gasteiger partial charge in [-0.2, -0.15) is 0 Å². The van der Waals surface area contributed by atoms with E-state index in [0.29, 0.717) is 12.8 Å². The van der Waals surface area contributed by atoms with Gasteiger partial charge < -0.3 is 39.9 Å². The lowest BCUT2D eigenvalue weighted by Gasteiger charge is -2.41. The molecule has 0 radical (unpaired) electrons. The molecular weight excluding hydrogens is 779 g/mol. The first-order chi connectivity index (χ1) is 28.4. The van der Waals surface area contributed by atoms with Crippen LogP contribution in [0.25, 0.3) is 0 Å². The third-order valence-corrected chi connectivity index (χ3v) is 11.8. The first-order valence-electron chi connectivity index (χ1n) is 23.1. The fourth-order valence-corrected chi connectivity index (χ4v) is 7.94. The van der Waals surface area contributed by atoms with Crippen LogP contribution in [0, 0.1) is 0 Å². The fraction of sp³-hybridized carbons (Fsp3) is 0.867. The van der Waals surface area contributed by atoms with E-state index < -0.39 is 75.7 Å². The largest absolute Gasteiger partial charge is 0.472 e. The Balaban J connectivity index is 2.46. The monoisotopic (exact) mass is 863 g/mol. The first kappa shape index (κ1) is 55.3. The minimum atomic E-state index is -5.12. The average Bonchev–Trinajstić information content (AvgIpc) is 3.21. The quantitative estimate of drug-likeness (QED) is 0.0149. The molecule has 0 spiro atoms. The van der Waals surface area contributed by atoms with Crippen molar-refractivity contribution in [3.05, 3.63) is 24.3 Å². The van der Waals surface area contributed by atoms with Crippen molar-refractivity contribution < 1.29 is 63.1 Å². The van der Waals surface area contributed by atoms with Gasteiger partial charge in [0.2, 0.25) is 0 Å². The molecule has 8 atom stereocenters. The van der Waals surface area contributed by atoms with Gasteiger partial charge in [0, 0.05) is 12.8 Å². The van der Waals surface area contributed by atoms with Gasteiger partial charge in [-0.15, -0.1) is 0 Å². The van der Waals surface area contributed by atoms with Crippen molar-refractivity contribution in [1.82, 2.24) is 0 Å². The maximum absolute atomic E-state index is 12.8. The molecule has 0 aromatic carbocycles. The number of phosphoric ester groups is 1. The normalized spacial score (nSPS) is 22.5. The lowest BCUT2D eigenvalue weighted by atomic mass is 9.85. The maximum atomic E-state index is 12.8. The fourth-order valence-electron chi connectivity index (χ4n) is 6.97. The van der Waals surface area contributed by atoms with Gasteiger partial charge in [0.25, 0.3) is 0 Å². The minimum Gasteiger partial charge on any atom is -0.462 e. The van der Waals surface area contributed by atoms with Crippen molar-refractivity contribution in [2.75, 3.05) is 13.2 Å². The number of aliphatic hydroxyl groups excluding tert-OH is 5. The van der Waals surface area contributed by atoms with E-state index in [1.54, 1.807) is 0 Å². The van der Waals surface area contributed by atoms with Crippen LogP contribution in [0.3, 0.4) is 0 Å². The third-order valence-electron chi connectivity index (χ3n) is 10.8. The summed E-state index contributed by atoms with van der Waals surface area (Å²) < 4.78 is 33.5. The summed E-state index contributed by atoms with van der Waals surface area (Å²) in [6.45, 7) is 3.26. The molecule has 14 heteroatoms. The smallest absolute Gasteiger partial charge is 0.462 e. The Morgan fingerprint density at radius 1 is 0.508 bits per heavy atom. The summed E-state index contributed by atoms with van der Waals surface area (Å²) in [4.78, 5) is 35.7. The van der Waals surface area contributed by atoms with Crippen LogP contribution in [-0.4, -0.2) is 98.3 Å². The molecule has 1 rings (SSSR count). The summed E-state index contributed by atoms with van der Waals surface area (Å²) in [6, 6.07) is 0. The molecule has 13 nitrogen and oxygen atoms in total. The van der Waals surface area contributed by atoms with E-state index >= 15 is 0 Å². The van der Waals surface area contributed by atoms with Crippen molar-refractivity contribution in [3.63, 3.8) is 0 Å². The number of unbranched alkanes of at least 4 members (excludes halogenated alkanes) is 22. The second-order valence-electron chi connectivity index (χ2n) is 16.3. The number of rotatable bonds is 38. The molecule has 0 aromatic heterocycles. The summed E-state index contributed by atoms with van der Waals surface area (Å²) in [5.41, 5.74) is 0. The van der Waals surface area contributed by atoms with E-state index in [0.717, 1.165) is 70.6 Å². The molecule has 1 aliphatic carbocycles. The van der Waals surface area contributed by atoms with Crippen LogP contribution in [0.15, 0.2) is 24.3 Å². The van der Waals surface area contributed by atoms with Gasteiger partial charge in [-0.25, -0.2) is 4.57 Å². The lowest BCUT2D eigenvalue weighted by Crippen LogP contribution is -2.64. The predicted molar refractivity (Wildman–Crippen MR) is 230 cm³/mol. The number of phosphoric acid groups is 1. The van der Waals surface area contributed by atoms with Crippen LogP contribution in [0.1, 0.15) is 194 Å². The zero-order valence-electron chi connectivity index (χ0n) is 36.6. The predicted octanol–water partition coefficient (Wildman–Crippen LogP) is 8.84. The van der Waals surface area contributed by atoms with Crippen LogP contribution < -0.4 is 0 Å². The van der Waals surface area contributed by atoms with Crippen molar-refractivity contribution in [2.24, 2.45) is 0 Å². The number of ether oxygens (including phenoxy) is 2. The zero-order chi connectivity index (χ0) is 43.6. The van der Waals surface area contributed by atoms with Gasteiger partial charge in [-0.05, 0) is 57.8 Å². The molecule has 6 N–H and O–H groups in total. The standard InChI is InChI=1S/C45H83O13P/c1-3-5-7-9-11-13-15-17-19-21-23-25-27-29-31-33-38(46)55-35-37(36-56-59(53,54)58-45-43(51)41(49)40(48)42(50)44(45)52)57-39(47)34-32-30-28-26-24-22-20-18-16-14-12-10-8-6-4-2/h10,12,17,19,37,40-45,48-52H,3-9,11,13-16,18,20-36H2,1-2H3,(H,53,54)/b12-10+,19-17+/t37-,40?,41-,42?,43?,44?,45?/m1/s1. The van der Waals surface area contributed by atoms with Gasteiger partial charge in [-0.1, -0.05) is 147 Å². The van der Waals surface area contributed by atoms with E-state index in [4.69, 9.17) is 18.5 Å². The third kappa shape index (κ3) is 28.5. The van der Waals surface area contributed by atoms with Crippen LogP contribution in [0.4, 0.5) is 0 Å². The topological polar surface area (TPSA) is 210 Å². The van der Waals surface area contributed by atoms with Crippen molar-refractivity contribution in [1.29, 1.82) is 0 Å². The highest BCUT2D eigenvalue weighted by Gasteiger charge is 2.51. The van der Waals surface area contributed by atoms with E-state index in [9.17, 15) is 44.6 Å². The van der Waals surface area contributed by atoms with Crippen LogP contribution >= 0.6 is 7.82 Å². The molecule has 0 aromatic rings. The number of aliphatic hydroxyl groups is 5. The number of esters is 2. The Morgan fingerprint density at radius 3 is 1.34 bits per heavy atom. The van der Waals surface area contributed by atoms with Crippen molar-refractivity contribution in [3.8, 4) is 0 Å². The van der Waals surface area contributed by atoms with E-state index in [1.807, 2.05) is 0 Å². The number of hydrogen-bond donors (Lipinski definition) is 6. The second-order valence-corrected chi connectivity index (χ2v) is 17.7. The molecule has 0 saturated heterocycles. The zero-order valence-corrected chi connectivity index (χ0v) is 37.4. The highest BCUT2D eigenvalue weighted by atomic mass is 31.2. The highest BCUT2D eigenvalue weighted by Crippen LogP contribution is 2.47. The van der Waals surface area contributed by atoms with Crippen molar-refractivity contribution >= 4 is 19.8 Å². The first-order valence-corrected chi connectivity index (χ1v) is 24.6. The summed E-state index contributed by atoms with van der Waals surface area (Å²) in [6.07, 6.45) is 25.1. The summed E-state index contributed by atoms with van der Waals surface area (Å²) in [5.74, 6) is -1.11. The Bertz CT molecular complexity index is 1130. The lowest BCUT2D eigenvalue weighted by molar-refractivity contribution is -0.220. The van der Waals surface area contributed by atoms with Crippen LogP contribution in [-0.2, 0) is 32.7 Å². The average molecular weight is 863 g/mol. The van der Waals surface area contributed by atoms with Gasteiger partial charge in [0.05, 0.1) is 6.61 Å². The Hall–Kier alpha value is -1.67. The van der Waals surface area contributed by atoms with E-state index in [1.165, 1.54) is 83.5 Å². The van der Waals surface area contributed by atoms with Crippen LogP contribution in [0.5, 0.6) is 0 Å². The minimum absolute atomic E-state index is 0.0942. The highest BCUT2D eigenvalue weighted by molar-refractivity contribution is 7.47. The molecule has 1 aliphatic rings. The van der Waals surface area contributed by atoms with E-state index in [2.05, 4.69) is 38.2 Å². The van der Waals surface area contributed by atoms with Gasteiger partial charge in [0.15, 0.2) is 6.10 Å². The van der Waals surface area contributed by atoms with Gasteiger partial charge >= 0.3 is 19.8 Å². The molecule has 346 valence electrons. The number of hydrogen-bond acceptors (Lipinski definition) is 12. The maximum Gasteiger partial charge on any atom is 0.472 e. The van der Waals surface area contributed by atoms with Crippen molar-refractivity contribution in [2.45, 2.75) is 236 Å². The number of allylic oxidation sites excluding steroid dienone is 4. The molecule has 1 saturated carbocycles. The van der Waals surface area contributed by atoms with Gasteiger partial charge in [-0.3, -0.25) is 18.6 Å². The molecular formula is C45H83O13P. The molecule has 0 bridgehead atoms. The summed E-state index contributed by atoms with van der Waals surface area (Å²) >= 11 is 0. The number of carbonyl (C=O) groups excluding carboxylic acids is 2. The summed E-state index contributed by atoms with van der Waals surface area (Å²) in [5, 5.41) is 50.1. The molecule has 59 heavy (non-hydrogen) atoms. The second kappa shape index (κ2) is 35.9. The summed E-state index contributed by atoms with van der Waals surface area (Å²) in [7, 11) is -5.12. The molecule has 0 heterocycles. The Morgan fingerprint density at radius 2 is 0.881 bits per heavy atom. The molecule has 0 amide bonds. The number of carbonyl (C=O) groups is 2. The van der Waals surface area contributed by atoms with Crippen LogP contribution in [0.2, 0.25) is 0 Å². The molecule has 0 aliphatic heterocycles. The Labute approximate surface area is 356 Å². The van der Waals surface area contributed by atoms with E-state index in [-0.39, 0.29) is 12.8 Å². The SMILES string of the molecule is CCCC/C=C/CCCCCCCCCCCC(=O)O[C@H](COC(=O)CCCCCCC/C=C/CCCCCCCC)COP(=O)(O)OC1C(O)C(O)C(O)[C@@H](O)C1O. The Kier molecular flexibility index (Phi) is 33.7. The molecule has 6 unspecified atom stereocenters. The van der Waals surface area contributed by atoms with Gasteiger partial charge in [0.1, 0.15) is 43.2 Å².